The summed E-state index contributed by atoms with van der Waals surface area (Å²) in [5.74, 6) is 0. The minimum absolute atomic E-state index is 0.374. The monoisotopic (exact) mass is 480 g/mol. The molecular formula is C28H21BO3S2. The van der Waals surface area contributed by atoms with E-state index in [1.54, 1.807) is 0 Å². The van der Waals surface area contributed by atoms with E-state index < -0.39 is 0 Å². The van der Waals surface area contributed by atoms with Crippen molar-refractivity contribution in [3.05, 3.63) is 54.6 Å². The highest BCUT2D eigenvalue weighted by atomic mass is 32.1. The molecule has 0 amide bonds. The maximum atomic E-state index is 6.48. The van der Waals surface area contributed by atoms with Gasteiger partial charge in [0.15, 0.2) is 0 Å². The van der Waals surface area contributed by atoms with E-state index in [-0.39, 0.29) is 18.3 Å². The molecule has 4 heterocycles. The van der Waals surface area contributed by atoms with Crippen molar-refractivity contribution in [2.75, 3.05) is 0 Å². The van der Waals surface area contributed by atoms with Crippen LogP contribution < -0.4 is 5.46 Å². The van der Waals surface area contributed by atoms with Gasteiger partial charge in [-0.15, -0.1) is 22.7 Å². The van der Waals surface area contributed by atoms with Gasteiger partial charge in [0.05, 0.1) is 11.2 Å². The standard InChI is InChI=1S/C28H21BO3S2/c1-27(2)28(3,4)32-29(31-27)16-9-11-20-24-23-19(34-26(16)24)12-10-17-21(23)22-18(30-17)13-14-7-5-6-8-15(14)25(22)33-20/h5-13H,1-4H3. The number of thiophene rings is 1. The van der Waals surface area contributed by atoms with Gasteiger partial charge in [0.25, 0.3) is 0 Å². The number of hydrogen-bond donors (Lipinski definition) is 0. The van der Waals surface area contributed by atoms with Crippen molar-refractivity contribution in [1.29, 1.82) is 0 Å². The Bertz CT molecular complexity index is 1920. The fourth-order valence-electron chi connectivity index (χ4n) is 5.45. The number of benzene rings is 4. The van der Waals surface area contributed by atoms with Crippen molar-refractivity contribution in [3.8, 4) is 0 Å². The third-order valence-corrected chi connectivity index (χ3v) is 10.3. The predicted octanol–water partition coefficient (Wildman–Crippen LogP) is 8.06. The Hall–Kier alpha value is -2.64. The molecule has 0 N–H and O–H groups in total. The molecule has 0 atom stereocenters. The second-order valence-corrected chi connectivity index (χ2v) is 12.5. The average molecular weight is 480 g/mol. The van der Waals surface area contributed by atoms with E-state index in [0.717, 1.165) is 16.6 Å². The van der Waals surface area contributed by atoms with E-state index in [2.05, 4.69) is 82.3 Å². The van der Waals surface area contributed by atoms with Gasteiger partial charge >= 0.3 is 7.12 Å². The Morgan fingerprint density at radius 1 is 0.676 bits per heavy atom. The fourth-order valence-corrected chi connectivity index (χ4v) is 8.04. The normalized spacial score (nSPS) is 18.2. The summed E-state index contributed by atoms with van der Waals surface area (Å²) in [6.45, 7) is 8.45. The van der Waals surface area contributed by atoms with Gasteiger partial charge in [-0.25, -0.2) is 0 Å². The summed E-state index contributed by atoms with van der Waals surface area (Å²) in [7, 11) is -0.386. The molecule has 166 valence electrons. The number of furan rings is 1. The molecule has 0 aliphatic carbocycles. The van der Waals surface area contributed by atoms with Crippen LogP contribution in [0.2, 0.25) is 0 Å². The van der Waals surface area contributed by atoms with E-state index in [9.17, 15) is 0 Å². The topological polar surface area (TPSA) is 31.6 Å². The van der Waals surface area contributed by atoms with Crippen molar-refractivity contribution in [2.45, 2.75) is 38.9 Å². The first-order valence-electron chi connectivity index (χ1n) is 11.6. The van der Waals surface area contributed by atoms with Crippen LogP contribution in [0.3, 0.4) is 0 Å². The third kappa shape index (κ3) is 2.30. The van der Waals surface area contributed by atoms with E-state index in [0.29, 0.717) is 0 Å². The zero-order valence-electron chi connectivity index (χ0n) is 19.3. The molecule has 1 aliphatic rings. The molecule has 1 fully saturated rings. The molecule has 3 nitrogen and oxygen atoms in total. The minimum atomic E-state index is -0.386. The van der Waals surface area contributed by atoms with Gasteiger partial charge < -0.3 is 13.7 Å². The lowest BCUT2D eigenvalue weighted by Gasteiger charge is -2.32. The molecule has 0 radical (unpaired) electrons. The van der Waals surface area contributed by atoms with Crippen LogP contribution in [0.25, 0.3) is 62.3 Å². The Balaban J connectivity index is 1.56. The van der Waals surface area contributed by atoms with Crippen LogP contribution in [0.5, 0.6) is 0 Å². The molecule has 3 aromatic heterocycles. The van der Waals surface area contributed by atoms with Gasteiger partial charge in [0, 0.05) is 45.8 Å². The maximum Gasteiger partial charge on any atom is 0.496 e. The largest absolute Gasteiger partial charge is 0.496 e. The summed E-state index contributed by atoms with van der Waals surface area (Å²) in [5.41, 5.74) is 2.28. The average Bonchev–Trinajstić information content (AvgIpc) is 3.37. The molecule has 0 unspecified atom stereocenters. The molecule has 8 rings (SSSR count). The Morgan fingerprint density at radius 2 is 1.38 bits per heavy atom. The van der Waals surface area contributed by atoms with Crippen LogP contribution in [0.4, 0.5) is 0 Å². The van der Waals surface area contributed by atoms with Crippen molar-refractivity contribution in [1.82, 2.24) is 0 Å². The number of fused-ring (bicyclic) bond motifs is 2. The fraction of sp³-hybridized carbons (Fsp3) is 0.214. The SMILES string of the molecule is CC1(C)OB(c2ccc3sc4c5ccccc5cc5oc6ccc7sc2c3c7c6c54)OC1(C)C. The van der Waals surface area contributed by atoms with Crippen LogP contribution in [0.1, 0.15) is 27.7 Å². The number of hydrogen-bond acceptors (Lipinski definition) is 5. The van der Waals surface area contributed by atoms with Crippen molar-refractivity contribution in [2.24, 2.45) is 0 Å². The summed E-state index contributed by atoms with van der Waals surface area (Å²) in [6.07, 6.45) is 0. The zero-order chi connectivity index (χ0) is 23.0. The Morgan fingerprint density at radius 3 is 2.21 bits per heavy atom. The van der Waals surface area contributed by atoms with Crippen LogP contribution in [0, 0.1) is 0 Å². The molecule has 7 aromatic rings. The van der Waals surface area contributed by atoms with Gasteiger partial charge in [-0.2, -0.15) is 0 Å². The number of rotatable bonds is 1. The predicted molar refractivity (Wildman–Crippen MR) is 146 cm³/mol. The van der Waals surface area contributed by atoms with Crippen molar-refractivity contribution in [3.63, 3.8) is 0 Å². The highest BCUT2D eigenvalue weighted by Gasteiger charge is 2.52. The summed E-state index contributed by atoms with van der Waals surface area (Å²) in [4.78, 5) is 0. The van der Waals surface area contributed by atoms with Crippen molar-refractivity contribution >= 4 is 97.5 Å². The molecule has 0 saturated carbocycles. The lowest BCUT2D eigenvalue weighted by molar-refractivity contribution is 0.00578. The molecule has 0 bridgehead atoms. The highest BCUT2D eigenvalue weighted by molar-refractivity contribution is 7.30. The lowest BCUT2D eigenvalue weighted by atomic mass is 9.78. The first-order chi connectivity index (χ1) is 16.3. The lowest BCUT2D eigenvalue weighted by Crippen LogP contribution is -2.41. The smallest absolute Gasteiger partial charge is 0.456 e. The first kappa shape index (κ1) is 19.6. The van der Waals surface area contributed by atoms with Gasteiger partial charge in [0.2, 0.25) is 0 Å². The van der Waals surface area contributed by atoms with E-state index in [1.165, 1.54) is 51.1 Å². The molecule has 0 spiro atoms. The van der Waals surface area contributed by atoms with E-state index in [1.807, 2.05) is 22.7 Å². The Labute approximate surface area is 204 Å². The minimum Gasteiger partial charge on any atom is -0.456 e. The Kier molecular flexibility index (Phi) is 3.54. The second kappa shape index (κ2) is 6.13. The van der Waals surface area contributed by atoms with Crippen LogP contribution >= 0.6 is 22.7 Å². The molecule has 6 heteroatoms. The summed E-state index contributed by atoms with van der Waals surface area (Å²) < 4.78 is 24.5. The quantitative estimate of drug-likeness (QED) is 0.223. The maximum absolute atomic E-state index is 6.48. The summed E-state index contributed by atoms with van der Waals surface area (Å²) in [5, 5.41) is 7.55. The molecule has 4 aromatic carbocycles. The van der Waals surface area contributed by atoms with E-state index >= 15 is 0 Å². The molecule has 1 saturated heterocycles. The molecular weight excluding hydrogens is 459 g/mol. The van der Waals surface area contributed by atoms with Crippen LogP contribution in [-0.2, 0) is 9.31 Å². The second-order valence-electron chi connectivity index (χ2n) is 10.4. The molecule has 1 aliphatic heterocycles. The first-order valence-corrected chi connectivity index (χ1v) is 13.3. The van der Waals surface area contributed by atoms with Gasteiger partial charge in [-0.1, -0.05) is 30.3 Å². The zero-order valence-corrected chi connectivity index (χ0v) is 20.9. The van der Waals surface area contributed by atoms with Crippen LogP contribution in [0.15, 0.2) is 59.0 Å². The van der Waals surface area contributed by atoms with Gasteiger partial charge in [-0.3, -0.25) is 0 Å². The van der Waals surface area contributed by atoms with E-state index in [4.69, 9.17) is 13.7 Å². The van der Waals surface area contributed by atoms with Crippen molar-refractivity contribution < 1.29 is 13.7 Å². The molecule has 34 heavy (non-hydrogen) atoms. The van der Waals surface area contributed by atoms with Gasteiger partial charge in [-0.05, 0) is 62.7 Å². The summed E-state index contributed by atoms with van der Waals surface area (Å²) >= 11 is 3.69. The van der Waals surface area contributed by atoms with Gasteiger partial charge in [0.1, 0.15) is 11.2 Å². The van der Waals surface area contributed by atoms with Crippen LogP contribution in [-0.4, -0.2) is 18.3 Å². The highest BCUT2D eigenvalue weighted by Crippen LogP contribution is 2.50. The summed E-state index contributed by atoms with van der Waals surface area (Å²) in [6, 6.07) is 19.6. The third-order valence-electron chi connectivity index (χ3n) is 7.90.